The van der Waals surface area contributed by atoms with Crippen molar-refractivity contribution in [1.82, 2.24) is 0 Å². The molecule has 1 rings (SSSR count). The standard InChI is InChI=1S/C5H9F.C2H4/c1-2-5(6)3-4-5;1-2/h2-4H2,1H3;1-2H2. The number of hydrogen-bond donors (Lipinski definition) is 0. The molecule has 0 N–H and O–H groups in total. The first-order valence-electron chi connectivity index (χ1n) is 2.96. The Hall–Kier alpha value is -0.330. The van der Waals surface area contributed by atoms with Gasteiger partial charge in [0.25, 0.3) is 0 Å². The lowest BCUT2D eigenvalue weighted by Crippen LogP contribution is -1.92. The van der Waals surface area contributed by atoms with E-state index in [0.717, 1.165) is 12.8 Å². The second-order valence-corrected chi connectivity index (χ2v) is 2.00. The van der Waals surface area contributed by atoms with Crippen LogP contribution in [-0.4, -0.2) is 5.67 Å². The monoisotopic (exact) mass is 116 g/mol. The van der Waals surface area contributed by atoms with Gasteiger partial charge in [0.1, 0.15) is 5.67 Å². The van der Waals surface area contributed by atoms with E-state index >= 15 is 0 Å². The van der Waals surface area contributed by atoms with E-state index in [9.17, 15) is 4.39 Å². The molecule has 1 saturated carbocycles. The Bertz CT molecular complexity index is 64.8. The Morgan fingerprint density at radius 1 is 1.50 bits per heavy atom. The normalized spacial score (nSPS) is 20.8. The largest absolute Gasteiger partial charge is 0.244 e. The zero-order chi connectivity index (χ0) is 6.62. The van der Waals surface area contributed by atoms with Crippen LogP contribution in [0.15, 0.2) is 13.2 Å². The van der Waals surface area contributed by atoms with E-state index in [4.69, 9.17) is 0 Å². The molecule has 0 aromatic rings. The lowest BCUT2D eigenvalue weighted by atomic mass is 10.3. The van der Waals surface area contributed by atoms with Crippen molar-refractivity contribution in [3.8, 4) is 0 Å². The van der Waals surface area contributed by atoms with Gasteiger partial charge in [-0.2, -0.15) is 0 Å². The minimum Gasteiger partial charge on any atom is -0.244 e. The summed E-state index contributed by atoms with van der Waals surface area (Å²) < 4.78 is 12.2. The topological polar surface area (TPSA) is 0 Å². The summed E-state index contributed by atoms with van der Waals surface area (Å²) in [5.41, 5.74) is -0.708. The predicted octanol–water partition coefficient (Wildman–Crippen LogP) is 2.70. The van der Waals surface area contributed by atoms with Crippen molar-refractivity contribution in [3.05, 3.63) is 13.2 Å². The summed E-state index contributed by atoms with van der Waals surface area (Å²) in [6.07, 6.45) is 2.33. The number of alkyl halides is 1. The van der Waals surface area contributed by atoms with E-state index in [1.165, 1.54) is 0 Å². The van der Waals surface area contributed by atoms with Gasteiger partial charge in [-0.25, -0.2) is 4.39 Å². The quantitative estimate of drug-likeness (QED) is 0.462. The second kappa shape index (κ2) is 2.85. The van der Waals surface area contributed by atoms with Crippen LogP contribution in [0.5, 0.6) is 0 Å². The molecule has 0 heterocycles. The third kappa shape index (κ3) is 2.10. The lowest BCUT2D eigenvalue weighted by molar-refractivity contribution is 0.300. The third-order valence-corrected chi connectivity index (χ3v) is 1.43. The van der Waals surface area contributed by atoms with Crippen molar-refractivity contribution in [2.75, 3.05) is 0 Å². The zero-order valence-electron chi connectivity index (χ0n) is 5.41. The van der Waals surface area contributed by atoms with Crippen LogP contribution in [0.1, 0.15) is 26.2 Å². The smallest absolute Gasteiger partial charge is 0.111 e. The number of rotatable bonds is 1. The summed E-state index contributed by atoms with van der Waals surface area (Å²) in [7, 11) is 0. The fourth-order valence-corrected chi connectivity index (χ4v) is 0.489. The molecule has 0 atom stereocenters. The van der Waals surface area contributed by atoms with Gasteiger partial charge in [-0.1, -0.05) is 6.92 Å². The van der Waals surface area contributed by atoms with Crippen molar-refractivity contribution < 1.29 is 4.39 Å². The maximum absolute atomic E-state index is 12.2. The van der Waals surface area contributed by atoms with Gasteiger partial charge >= 0.3 is 0 Å². The molecular weight excluding hydrogens is 103 g/mol. The van der Waals surface area contributed by atoms with Crippen molar-refractivity contribution in [2.45, 2.75) is 31.9 Å². The van der Waals surface area contributed by atoms with Gasteiger partial charge in [0, 0.05) is 0 Å². The highest BCUT2D eigenvalue weighted by molar-refractivity contribution is 4.91. The highest BCUT2D eigenvalue weighted by Gasteiger charge is 2.40. The van der Waals surface area contributed by atoms with Crippen LogP contribution in [0.25, 0.3) is 0 Å². The highest BCUT2D eigenvalue weighted by atomic mass is 19.1. The Morgan fingerprint density at radius 3 is 1.88 bits per heavy atom. The first-order chi connectivity index (χ1) is 3.77. The van der Waals surface area contributed by atoms with Crippen LogP contribution in [0.4, 0.5) is 4.39 Å². The van der Waals surface area contributed by atoms with Crippen LogP contribution in [0, 0.1) is 0 Å². The van der Waals surface area contributed by atoms with Gasteiger partial charge < -0.3 is 0 Å². The van der Waals surface area contributed by atoms with Gasteiger partial charge in [0.15, 0.2) is 0 Å². The molecule has 0 amide bonds. The second-order valence-electron chi connectivity index (χ2n) is 2.00. The van der Waals surface area contributed by atoms with Crippen LogP contribution in [0.3, 0.4) is 0 Å². The highest BCUT2D eigenvalue weighted by Crippen LogP contribution is 2.42. The summed E-state index contributed by atoms with van der Waals surface area (Å²) in [6.45, 7) is 7.90. The van der Waals surface area contributed by atoms with Gasteiger partial charge in [0.05, 0.1) is 0 Å². The molecule has 0 spiro atoms. The minimum absolute atomic E-state index is 0.708. The van der Waals surface area contributed by atoms with E-state index < -0.39 is 5.67 Å². The zero-order valence-corrected chi connectivity index (χ0v) is 5.41. The van der Waals surface area contributed by atoms with E-state index in [1.807, 2.05) is 6.92 Å². The third-order valence-electron chi connectivity index (χ3n) is 1.43. The maximum Gasteiger partial charge on any atom is 0.111 e. The molecule has 48 valence electrons. The number of halogens is 1. The molecule has 0 aromatic heterocycles. The molecule has 1 fully saturated rings. The van der Waals surface area contributed by atoms with Crippen LogP contribution in [0.2, 0.25) is 0 Å². The average molecular weight is 116 g/mol. The summed E-state index contributed by atoms with van der Waals surface area (Å²) in [4.78, 5) is 0. The van der Waals surface area contributed by atoms with E-state index in [2.05, 4.69) is 13.2 Å². The van der Waals surface area contributed by atoms with Gasteiger partial charge in [0.2, 0.25) is 0 Å². The van der Waals surface area contributed by atoms with Gasteiger partial charge in [-0.3, -0.25) is 0 Å². The first kappa shape index (κ1) is 7.67. The Balaban J connectivity index is 0.000000222. The molecule has 1 aliphatic carbocycles. The average Bonchev–Trinajstić information content (AvgIpc) is 2.55. The van der Waals surface area contributed by atoms with Crippen LogP contribution >= 0.6 is 0 Å². The molecule has 0 bridgehead atoms. The minimum atomic E-state index is -0.708. The molecule has 1 heteroatoms. The molecule has 8 heavy (non-hydrogen) atoms. The molecular formula is C7H13F. The molecule has 1 aliphatic rings. The fraction of sp³-hybridized carbons (Fsp3) is 0.714. The molecule has 0 aliphatic heterocycles. The predicted molar refractivity (Wildman–Crippen MR) is 34.6 cm³/mol. The fourth-order valence-electron chi connectivity index (χ4n) is 0.489. The first-order valence-corrected chi connectivity index (χ1v) is 2.96. The summed E-state index contributed by atoms with van der Waals surface area (Å²) >= 11 is 0. The van der Waals surface area contributed by atoms with Crippen LogP contribution in [-0.2, 0) is 0 Å². The molecule has 0 saturated heterocycles. The molecule has 0 aromatic carbocycles. The maximum atomic E-state index is 12.2. The lowest BCUT2D eigenvalue weighted by Gasteiger charge is -1.91. The van der Waals surface area contributed by atoms with Gasteiger partial charge in [-0.05, 0) is 19.3 Å². The number of hydrogen-bond acceptors (Lipinski definition) is 0. The molecule has 0 unspecified atom stereocenters. The van der Waals surface area contributed by atoms with E-state index in [1.54, 1.807) is 0 Å². The van der Waals surface area contributed by atoms with E-state index in [0.29, 0.717) is 6.42 Å². The summed E-state index contributed by atoms with van der Waals surface area (Å²) in [6, 6.07) is 0. The van der Waals surface area contributed by atoms with Crippen molar-refractivity contribution in [3.63, 3.8) is 0 Å². The van der Waals surface area contributed by atoms with Crippen LogP contribution < -0.4 is 0 Å². The Kier molecular flexibility index (Phi) is 2.74. The Morgan fingerprint density at radius 2 is 1.88 bits per heavy atom. The van der Waals surface area contributed by atoms with Crippen molar-refractivity contribution >= 4 is 0 Å². The van der Waals surface area contributed by atoms with Gasteiger partial charge in [-0.15, -0.1) is 13.2 Å². The summed E-state index contributed by atoms with van der Waals surface area (Å²) in [5.74, 6) is 0. The Labute approximate surface area is 50.4 Å². The molecule has 0 nitrogen and oxygen atoms in total. The van der Waals surface area contributed by atoms with E-state index in [-0.39, 0.29) is 0 Å². The summed E-state index contributed by atoms with van der Waals surface area (Å²) in [5, 5.41) is 0. The SMILES string of the molecule is C=C.CCC1(F)CC1. The molecule has 0 radical (unpaired) electrons. The van der Waals surface area contributed by atoms with Crippen molar-refractivity contribution in [2.24, 2.45) is 0 Å². The van der Waals surface area contributed by atoms with Crippen molar-refractivity contribution in [1.29, 1.82) is 0 Å².